The molecule has 0 saturated heterocycles. The lowest BCUT2D eigenvalue weighted by Crippen LogP contribution is -2.14. The number of hydrogen-bond donors (Lipinski definition) is 0. The van der Waals surface area contributed by atoms with Crippen LogP contribution in [0.2, 0.25) is 0 Å². The second-order valence-electron chi connectivity index (χ2n) is 11.6. The van der Waals surface area contributed by atoms with Crippen LogP contribution in [-0.2, 0) is 0 Å². The monoisotopic (exact) mass is 570 g/mol. The summed E-state index contributed by atoms with van der Waals surface area (Å²) in [5.74, 6) is 0.838. The molecule has 4 heteroatoms. The molecule has 0 saturated carbocycles. The maximum Gasteiger partial charge on any atom is 0.223 e. The van der Waals surface area contributed by atoms with E-state index in [1.165, 1.54) is 22.3 Å². The van der Waals surface area contributed by atoms with Gasteiger partial charge in [-0.25, -0.2) is 15.0 Å². The summed E-state index contributed by atoms with van der Waals surface area (Å²) in [5, 5.41) is 0. The molecule has 4 nitrogen and oxygen atoms in total. The molecule has 1 aliphatic heterocycles. The van der Waals surface area contributed by atoms with Crippen molar-refractivity contribution in [2.75, 3.05) is 0 Å². The Bertz CT molecular complexity index is 2000. The van der Waals surface area contributed by atoms with Crippen LogP contribution in [0.5, 0.6) is 0 Å². The quantitative estimate of drug-likeness (QED) is 0.197. The summed E-state index contributed by atoms with van der Waals surface area (Å²) in [6.07, 6.45) is -0.544. The third-order valence-corrected chi connectivity index (χ3v) is 8.05. The minimum absolute atomic E-state index is 0.544. The molecular weight excluding hydrogens is 536 g/mol. The Hall–Kier alpha value is -5.35. The first-order chi connectivity index (χ1) is 21.4. The fourth-order valence-corrected chi connectivity index (χ4v) is 6.02. The molecule has 7 rings (SSSR count). The average Bonchev–Trinajstić information content (AvgIpc) is 3.65. The molecule has 0 amide bonds. The van der Waals surface area contributed by atoms with Crippen molar-refractivity contribution in [1.29, 1.82) is 0 Å². The minimum Gasteiger partial charge on any atom is -0.281 e. The molecule has 1 aliphatic rings. The van der Waals surface area contributed by atoms with Crippen molar-refractivity contribution in [3.05, 3.63) is 161 Å². The maximum absolute atomic E-state index is 5.41. The molecule has 0 bridgehead atoms. The van der Waals surface area contributed by atoms with Gasteiger partial charge in [-0.05, 0) is 52.0 Å². The Balaban J connectivity index is 1.55. The molecule has 0 atom stereocenters. The van der Waals surface area contributed by atoms with Crippen LogP contribution in [-0.4, -0.2) is 21.0 Å². The van der Waals surface area contributed by atoms with E-state index in [2.05, 4.69) is 154 Å². The third-order valence-electron chi connectivity index (χ3n) is 8.05. The predicted octanol–water partition coefficient (Wildman–Crippen LogP) is 9.57. The van der Waals surface area contributed by atoms with Crippen LogP contribution in [0.1, 0.15) is 39.7 Å². The van der Waals surface area contributed by atoms with Crippen LogP contribution in [0.15, 0.2) is 137 Å². The first kappa shape index (κ1) is 27.5. The van der Waals surface area contributed by atoms with E-state index in [0.29, 0.717) is 0 Å². The van der Waals surface area contributed by atoms with Crippen LogP contribution < -0.4 is 0 Å². The van der Waals surface area contributed by atoms with Gasteiger partial charge in [0.2, 0.25) is 6.29 Å². The Morgan fingerprint density at radius 3 is 1.41 bits per heavy atom. The minimum atomic E-state index is -0.544. The molecule has 0 radical (unpaired) electrons. The lowest BCUT2D eigenvalue weighted by Gasteiger charge is -2.16. The number of aliphatic imine (C=N–C) groups is 2. The van der Waals surface area contributed by atoms with E-state index >= 15 is 0 Å². The van der Waals surface area contributed by atoms with Gasteiger partial charge in [-0.2, -0.15) is 0 Å². The van der Waals surface area contributed by atoms with Crippen molar-refractivity contribution in [2.24, 2.45) is 9.98 Å². The molecule has 1 aromatic heterocycles. The van der Waals surface area contributed by atoms with E-state index in [9.17, 15) is 0 Å². The number of nitrogens with zero attached hydrogens (tertiary/aromatic N) is 4. The number of hydrogen-bond acceptors (Lipinski definition) is 3. The van der Waals surface area contributed by atoms with E-state index in [4.69, 9.17) is 15.0 Å². The summed E-state index contributed by atoms with van der Waals surface area (Å²) in [6.45, 7) is 8.49. The number of benzene rings is 5. The summed E-state index contributed by atoms with van der Waals surface area (Å²) in [4.78, 5) is 16.2. The van der Waals surface area contributed by atoms with E-state index < -0.39 is 6.29 Å². The zero-order chi connectivity index (χ0) is 30.2. The maximum atomic E-state index is 5.41. The van der Waals surface area contributed by atoms with Crippen molar-refractivity contribution in [1.82, 2.24) is 9.55 Å². The van der Waals surface area contributed by atoms with Gasteiger partial charge in [0.05, 0.1) is 22.8 Å². The zero-order valence-corrected chi connectivity index (χ0v) is 25.5. The topological polar surface area (TPSA) is 42.5 Å². The molecule has 0 unspecified atom stereocenters. The van der Waals surface area contributed by atoms with Gasteiger partial charge in [-0.1, -0.05) is 125 Å². The van der Waals surface area contributed by atoms with Gasteiger partial charge in [0.15, 0.2) is 0 Å². The molecular formula is C40H34N4. The van der Waals surface area contributed by atoms with Crippen LogP contribution in [0, 0.1) is 27.7 Å². The Kier molecular flexibility index (Phi) is 7.11. The van der Waals surface area contributed by atoms with Gasteiger partial charge in [0, 0.05) is 27.8 Å². The van der Waals surface area contributed by atoms with Gasteiger partial charge in [-0.3, -0.25) is 4.57 Å². The van der Waals surface area contributed by atoms with Gasteiger partial charge >= 0.3 is 0 Å². The standard InChI is InChI=1S/C40H34N4/c1-26-12-8-18-31(22-26)35-36(32-19-9-13-27(2)23-32)43-40(42-35)44-38(34-21-11-15-29(4)25-34)37(33-20-10-14-28(3)24-33)41-39(44)30-16-6-5-7-17-30/h5-25,40H,1-4H3. The third kappa shape index (κ3) is 5.20. The predicted molar refractivity (Wildman–Crippen MR) is 182 cm³/mol. The lowest BCUT2D eigenvalue weighted by molar-refractivity contribution is 0.572. The van der Waals surface area contributed by atoms with E-state index in [0.717, 1.165) is 56.5 Å². The van der Waals surface area contributed by atoms with Crippen molar-refractivity contribution >= 4 is 11.4 Å². The van der Waals surface area contributed by atoms with Crippen molar-refractivity contribution in [3.8, 4) is 33.9 Å². The SMILES string of the molecule is Cc1cccc(C2=NC(n3c(-c4ccccc4)nc(-c4cccc(C)c4)c3-c3cccc(C)c3)N=C2c2cccc(C)c2)c1. The highest BCUT2D eigenvalue weighted by Crippen LogP contribution is 2.41. The number of aromatic nitrogens is 2. The summed E-state index contributed by atoms with van der Waals surface area (Å²) in [7, 11) is 0. The second-order valence-corrected chi connectivity index (χ2v) is 11.6. The van der Waals surface area contributed by atoms with Crippen LogP contribution in [0.25, 0.3) is 33.9 Å². The van der Waals surface area contributed by atoms with Gasteiger partial charge < -0.3 is 0 Å². The summed E-state index contributed by atoms with van der Waals surface area (Å²) in [6, 6.07) is 44.7. The molecule has 0 spiro atoms. The fraction of sp³-hybridized carbons (Fsp3) is 0.125. The smallest absolute Gasteiger partial charge is 0.223 e. The van der Waals surface area contributed by atoms with Crippen molar-refractivity contribution in [3.63, 3.8) is 0 Å². The van der Waals surface area contributed by atoms with Crippen LogP contribution >= 0.6 is 0 Å². The first-order valence-corrected chi connectivity index (χ1v) is 15.1. The van der Waals surface area contributed by atoms with Crippen molar-refractivity contribution < 1.29 is 0 Å². The Morgan fingerprint density at radius 2 is 0.886 bits per heavy atom. The Morgan fingerprint density at radius 1 is 0.455 bits per heavy atom. The summed E-state index contributed by atoms with van der Waals surface area (Å²) in [5.41, 5.74) is 13.8. The molecule has 6 aromatic rings. The Labute approximate surface area is 259 Å². The van der Waals surface area contributed by atoms with Gasteiger partial charge in [-0.15, -0.1) is 0 Å². The highest BCUT2D eigenvalue weighted by molar-refractivity contribution is 6.54. The zero-order valence-electron chi connectivity index (χ0n) is 25.5. The van der Waals surface area contributed by atoms with E-state index in [1.54, 1.807) is 0 Å². The summed E-state index contributed by atoms with van der Waals surface area (Å²) < 4.78 is 2.24. The van der Waals surface area contributed by atoms with Crippen molar-refractivity contribution in [2.45, 2.75) is 34.0 Å². The number of imidazole rings is 1. The molecule has 0 aliphatic carbocycles. The fourth-order valence-electron chi connectivity index (χ4n) is 6.02. The first-order valence-electron chi connectivity index (χ1n) is 15.1. The van der Waals surface area contributed by atoms with E-state index in [-0.39, 0.29) is 0 Å². The van der Waals surface area contributed by atoms with E-state index in [1.807, 2.05) is 6.07 Å². The molecule has 5 aromatic carbocycles. The number of rotatable bonds is 6. The highest BCUT2D eigenvalue weighted by atomic mass is 15.3. The molecule has 44 heavy (non-hydrogen) atoms. The second kappa shape index (κ2) is 11.4. The van der Waals surface area contributed by atoms with Gasteiger partial charge in [0.1, 0.15) is 5.82 Å². The molecule has 214 valence electrons. The van der Waals surface area contributed by atoms with Crippen LogP contribution in [0.4, 0.5) is 0 Å². The highest BCUT2D eigenvalue weighted by Gasteiger charge is 2.31. The molecule has 2 heterocycles. The normalized spacial score (nSPS) is 13.2. The molecule has 0 fully saturated rings. The number of aryl methyl sites for hydroxylation is 4. The molecule has 0 N–H and O–H groups in total. The van der Waals surface area contributed by atoms with Gasteiger partial charge in [0.25, 0.3) is 0 Å². The average molecular weight is 571 g/mol. The largest absolute Gasteiger partial charge is 0.281 e. The summed E-state index contributed by atoms with van der Waals surface area (Å²) >= 11 is 0. The van der Waals surface area contributed by atoms with Crippen LogP contribution in [0.3, 0.4) is 0 Å². The lowest BCUT2D eigenvalue weighted by atomic mass is 9.98.